The Morgan fingerprint density at radius 1 is 1.75 bits per heavy atom. The lowest BCUT2D eigenvalue weighted by atomic mass is 9.85. The van der Waals surface area contributed by atoms with Crippen LogP contribution in [0.3, 0.4) is 0 Å². The largest absolute Gasteiger partial charge is 0.459 e. The minimum Gasteiger partial charge on any atom is -0.459 e. The molecule has 0 aromatic rings. The van der Waals surface area contributed by atoms with Gasteiger partial charge < -0.3 is 9.84 Å². The third kappa shape index (κ3) is 1.50. The molecule has 1 aliphatic rings. The maximum Gasteiger partial charge on any atom is 0.335 e. The maximum absolute atomic E-state index is 10.8. The van der Waals surface area contributed by atoms with Gasteiger partial charge >= 0.3 is 5.97 Å². The Morgan fingerprint density at radius 2 is 2.33 bits per heavy atom. The van der Waals surface area contributed by atoms with Crippen molar-refractivity contribution in [3.05, 3.63) is 12.7 Å². The molecule has 0 bridgehead atoms. The maximum atomic E-state index is 10.8. The highest BCUT2D eigenvalue weighted by atomic mass is 16.6. The number of carbonyl (C=O) groups is 1. The predicted octanol–water partition coefficient (Wildman–Crippen LogP) is 0.875. The summed E-state index contributed by atoms with van der Waals surface area (Å²) in [4.78, 5) is 10.8. The van der Waals surface area contributed by atoms with Gasteiger partial charge in [0.15, 0.2) is 6.10 Å². The Morgan fingerprint density at radius 3 is 2.67 bits per heavy atom. The Labute approximate surface area is 72.0 Å². The fourth-order valence-electron chi connectivity index (χ4n) is 1.15. The molecule has 1 rings (SSSR count). The molecule has 1 saturated heterocycles. The molecule has 0 spiro atoms. The van der Waals surface area contributed by atoms with Crippen molar-refractivity contribution >= 4 is 5.97 Å². The minimum absolute atomic E-state index is 0.238. The van der Waals surface area contributed by atoms with E-state index in [1.807, 2.05) is 13.8 Å². The van der Waals surface area contributed by atoms with Gasteiger partial charge in [0, 0.05) is 11.8 Å². The van der Waals surface area contributed by atoms with E-state index in [1.165, 1.54) is 0 Å². The van der Waals surface area contributed by atoms with Crippen LogP contribution >= 0.6 is 0 Å². The molecule has 0 aliphatic carbocycles. The van der Waals surface area contributed by atoms with Crippen molar-refractivity contribution in [2.24, 2.45) is 5.41 Å². The number of rotatable bonds is 2. The molecule has 0 aromatic heterocycles. The first kappa shape index (κ1) is 9.26. The van der Waals surface area contributed by atoms with Crippen molar-refractivity contribution in [2.45, 2.75) is 32.5 Å². The minimum atomic E-state index is -0.950. The van der Waals surface area contributed by atoms with Crippen LogP contribution in [0.15, 0.2) is 12.7 Å². The van der Waals surface area contributed by atoms with E-state index in [0.717, 1.165) is 0 Å². The summed E-state index contributed by atoms with van der Waals surface area (Å²) in [6.07, 6.45) is 0.924. The van der Waals surface area contributed by atoms with E-state index in [2.05, 4.69) is 6.58 Å². The lowest BCUT2D eigenvalue weighted by Gasteiger charge is -2.25. The van der Waals surface area contributed by atoms with Gasteiger partial charge in [-0.2, -0.15) is 0 Å². The molecular weight excluding hydrogens is 156 g/mol. The van der Waals surface area contributed by atoms with E-state index in [4.69, 9.17) is 9.84 Å². The lowest BCUT2D eigenvalue weighted by molar-refractivity contribution is -0.149. The lowest BCUT2D eigenvalue weighted by Crippen LogP contribution is -2.26. The molecule has 2 unspecified atom stereocenters. The van der Waals surface area contributed by atoms with Gasteiger partial charge in [0.05, 0.1) is 0 Å². The van der Waals surface area contributed by atoms with Gasteiger partial charge in [-0.25, -0.2) is 4.79 Å². The normalized spacial score (nSPS) is 30.1. The van der Waals surface area contributed by atoms with Crippen molar-refractivity contribution in [3.8, 4) is 0 Å². The van der Waals surface area contributed by atoms with Crippen molar-refractivity contribution in [2.75, 3.05) is 0 Å². The van der Waals surface area contributed by atoms with E-state index in [0.29, 0.717) is 6.42 Å². The molecule has 3 nitrogen and oxygen atoms in total. The van der Waals surface area contributed by atoms with Crippen molar-refractivity contribution in [3.63, 3.8) is 0 Å². The Bertz CT molecular complexity index is 208. The molecule has 3 heteroatoms. The summed E-state index contributed by atoms with van der Waals surface area (Å²) in [6, 6.07) is 0. The standard InChI is InChI=1S/C9H14O3/c1-4-9(2,3)7-5-6(10)8(11)12-7/h4,6-7,10H,1,5H2,2-3H3. The molecule has 0 aromatic carbocycles. The summed E-state index contributed by atoms with van der Waals surface area (Å²) < 4.78 is 4.97. The van der Waals surface area contributed by atoms with Crippen LogP contribution in [-0.4, -0.2) is 23.3 Å². The number of esters is 1. The summed E-state index contributed by atoms with van der Waals surface area (Å²) in [7, 11) is 0. The summed E-state index contributed by atoms with van der Waals surface area (Å²) in [5.41, 5.74) is -0.257. The zero-order chi connectivity index (χ0) is 9.35. The molecule has 0 amide bonds. The average molecular weight is 170 g/mol. The smallest absolute Gasteiger partial charge is 0.335 e. The predicted molar refractivity (Wildman–Crippen MR) is 44.5 cm³/mol. The Balaban J connectivity index is 2.69. The molecule has 2 atom stereocenters. The highest BCUT2D eigenvalue weighted by Gasteiger charge is 2.40. The second-order valence-corrected chi connectivity index (χ2v) is 3.70. The molecule has 1 aliphatic heterocycles. The Kier molecular flexibility index (Phi) is 2.24. The first-order valence-electron chi connectivity index (χ1n) is 3.99. The highest BCUT2D eigenvalue weighted by Crippen LogP contribution is 2.32. The highest BCUT2D eigenvalue weighted by molar-refractivity contribution is 5.76. The fourth-order valence-corrected chi connectivity index (χ4v) is 1.15. The fraction of sp³-hybridized carbons (Fsp3) is 0.667. The first-order valence-corrected chi connectivity index (χ1v) is 3.99. The molecule has 1 fully saturated rings. The summed E-state index contributed by atoms with van der Waals surface area (Å²) in [5, 5.41) is 9.12. The van der Waals surface area contributed by atoms with Crippen LogP contribution in [0.1, 0.15) is 20.3 Å². The number of carbonyl (C=O) groups excluding carboxylic acids is 1. The van der Waals surface area contributed by atoms with E-state index in [9.17, 15) is 4.79 Å². The molecule has 12 heavy (non-hydrogen) atoms. The van der Waals surface area contributed by atoms with Gasteiger partial charge in [0.1, 0.15) is 6.10 Å². The number of aliphatic hydroxyl groups excluding tert-OH is 1. The molecule has 68 valence electrons. The van der Waals surface area contributed by atoms with Crippen LogP contribution in [0.5, 0.6) is 0 Å². The number of ether oxygens (including phenoxy) is 1. The molecule has 1 N–H and O–H groups in total. The topological polar surface area (TPSA) is 46.5 Å². The third-order valence-electron chi connectivity index (χ3n) is 2.32. The van der Waals surface area contributed by atoms with Crippen LogP contribution in [0, 0.1) is 5.41 Å². The van der Waals surface area contributed by atoms with Gasteiger partial charge in [-0.3, -0.25) is 0 Å². The summed E-state index contributed by atoms with van der Waals surface area (Å²) in [5.74, 6) is -0.519. The second kappa shape index (κ2) is 2.90. The first-order chi connectivity index (χ1) is 5.47. The van der Waals surface area contributed by atoms with Crippen LogP contribution in [-0.2, 0) is 9.53 Å². The summed E-state index contributed by atoms with van der Waals surface area (Å²) in [6.45, 7) is 7.51. The van der Waals surface area contributed by atoms with Crippen LogP contribution in [0.2, 0.25) is 0 Å². The van der Waals surface area contributed by atoms with E-state index >= 15 is 0 Å². The van der Waals surface area contributed by atoms with Gasteiger partial charge in [-0.1, -0.05) is 19.9 Å². The molecule has 0 radical (unpaired) electrons. The quantitative estimate of drug-likeness (QED) is 0.494. The Hall–Kier alpha value is -0.830. The average Bonchev–Trinajstić information content (AvgIpc) is 2.33. The van der Waals surface area contributed by atoms with Crippen LogP contribution in [0.25, 0.3) is 0 Å². The monoisotopic (exact) mass is 170 g/mol. The SMILES string of the molecule is C=CC(C)(C)C1CC(O)C(=O)O1. The van der Waals surface area contributed by atoms with Gasteiger partial charge in [-0.15, -0.1) is 6.58 Å². The van der Waals surface area contributed by atoms with Crippen molar-refractivity contribution < 1.29 is 14.6 Å². The second-order valence-electron chi connectivity index (χ2n) is 3.70. The number of hydrogen-bond donors (Lipinski definition) is 1. The molecular formula is C9H14O3. The third-order valence-corrected chi connectivity index (χ3v) is 2.32. The molecule has 0 saturated carbocycles. The van der Waals surface area contributed by atoms with Gasteiger partial charge in [-0.05, 0) is 0 Å². The van der Waals surface area contributed by atoms with Crippen molar-refractivity contribution in [1.29, 1.82) is 0 Å². The van der Waals surface area contributed by atoms with E-state index < -0.39 is 12.1 Å². The zero-order valence-corrected chi connectivity index (χ0v) is 7.41. The zero-order valence-electron chi connectivity index (χ0n) is 7.41. The number of cyclic esters (lactones) is 1. The van der Waals surface area contributed by atoms with Gasteiger partial charge in [0.2, 0.25) is 0 Å². The van der Waals surface area contributed by atoms with Crippen molar-refractivity contribution in [1.82, 2.24) is 0 Å². The number of aliphatic hydroxyl groups is 1. The number of hydrogen-bond acceptors (Lipinski definition) is 3. The van der Waals surface area contributed by atoms with E-state index in [-0.39, 0.29) is 11.5 Å². The van der Waals surface area contributed by atoms with E-state index in [1.54, 1.807) is 6.08 Å². The summed E-state index contributed by atoms with van der Waals surface area (Å²) >= 11 is 0. The molecule has 1 heterocycles. The van der Waals surface area contributed by atoms with Gasteiger partial charge in [0.25, 0.3) is 0 Å². The van der Waals surface area contributed by atoms with Crippen LogP contribution < -0.4 is 0 Å². The van der Waals surface area contributed by atoms with Crippen LogP contribution in [0.4, 0.5) is 0 Å².